The van der Waals surface area contributed by atoms with Gasteiger partial charge in [0.2, 0.25) is 0 Å². The minimum atomic E-state index is -0.360. The fourth-order valence-electron chi connectivity index (χ4n) is 6.50. The number of carbonyl (C=O) groups is 1. The molecule has 2 N–H and O–H groups in total. The van der Waals surface area contributed by atoms with Gasteiger partial charge in [-0.3, -0.25) is 0 Å². The van der Waals surface area contributed by atoms with Crippen molar-refractivity contribution in [2.75, 3.05) is 27.2 Å². The number of nitrogens with zero attached hydrogens (tertiary/aromatic N) is 1. The number of carbonyl (C=O) groups excluding carboxylic acids is 1. The summed E-state index contributed by atoms with van der Waals surface area (Å²) >= 11 is 0. The standard InChI is InChI=1S/C23H39NO4/c1-22(2)19-14-18(25)16-12-15(13-21(27)28-11-10-24(4)5)6-7-17(16)23(19,3)9-8-20(22)26/h13,16-20,25-26H,6-12,14H2,1-5H3/b15-13+/t16-,17?,18?,19?,20?,23?/m0/s1. The van der Waals surface area contributed by atoms with E-state index < -0.39 is 0 Å². The fraction of sp³-hybridized carbons (Fsp3) is 0.870. The predicted molar refractivity (Wildman–Crippen MR) is 110 cm³/mol. The van der Waals surface area contributed by atoms with Gasteiger partial charge in [0.25, 0.3) is 0 Å². The Morgan fingerprint density at radius 1 is 1.25 bits per heavy atom. The summed E-state index contributed by atoms with van der Waals surface area (Å²) < 4.78 is 5.32. The maximum Gasteiger partial charge on any atom is 0.330 e. The first-order valence-corrected chi connectivity index (χ1v) is 10.9. The average molecular weight is 394 g/mol. The molecule has 0 saturated heterocycles. The topological polar surface area (TPSA) is 70.0 Å². The van der Waals surface area contributed by atoms with Gasteiger partial charge in [0.1, 0.15) is 6.61 Å². The van der Waals surface area contributed by atoms with Gasteiger partial charge in [-0.25, -0.2) is 4.79 Å². The molecule has 0 radical (unpaired) electrons. The quantitative estimate of drug-likeness (QED) is 0.568. The van der Waals surface area contributed by atoms with Crippen LogP contribution in [-0.4, -0.2) is 60.5 Å². The summed E-state index contributed by atoms with van der Waals surface area (Å²) in [4.78, 5) is 14.1. The molecule has 5 unspecified atom stereocenters. The van der Waals surface area contributed by atoms with E-state index in [2.05, 4.69) is 20.8 Å². The second-order valence-corrected chi connectivity index (χ2v) is 10.5. The second-order valence-electron chi connectivity index (χ2n) is 10.5. The molecular weight excluding hydrogens is 354 g/mol. The van der Waals surface area contributed by atoms with Crippen molar-refractivity contribution in [2.24, 2.45) is 28.6 Å². The third kappa shape index (κ3) is 4.03. The summed E-state index contributed by atoms with van der Waals surface area (Å²) in [6.45, 7) is 7.86. The summed E-state index contributed by atoms with van der Waals surface area (Å²) in [6.07, 6.45) is 6.36. The molecule has 0 aromatic heterocycles. The minimum Gasteiger partial charge on any atom is -0.461 e. The van der Waals surface area contributed by atoms with Crippen LogP contribution in [0.2, 0.25) is 0 Å². The van der Waals surface area contributed by atoms with E-state index in [0.29, 0.717) is 18.4 Å². The van der Waals surface area contributed by atoms with Crippen LogP contribution in [0.25, 0.3) is 0 Å². The van der Waals surface area contributed by atoms with Crippen molar-refractivity contribution < 1.29 is 19.7 Å². The maximum atomic E-state index is 12.1. The number of fused-ring (bicyclic) bond motifs is 3. The van der Waals surface area contributed by atoms with Crippen molar-refractivity contribution in [3.63, 3.8) is 0 Å². The molecule has 0 bridgehead atoms. The Hall–Kier alpha value is -0.910. The molecule has 0 aromatic carbocycles. The van der Waals surface area contributed by atoms with Crippen molar-refractivity contribution in [3.8, 4) is 0 Å². The molecule has 3 aliphatic carbocycles. The Labute approximate surface area is 170 Å². The van der Waals surface area contributed by atoms with Crippen molar-refractivity contribution >= 4 is 5.97 Å². The largest absolute Gasteiger partial charge is 0.461 e. The summed E-state index contributed by atoms with van der Waals surface area (Å²) in [5, 5.41) is 21.6. The number of esters is 1. The van der Waals surface area contributed by atoms with Gasteiger partial charge in [-0.15, -0.1) is 0 Å². The molecule has 3 aliphatic rings. The molecule has 3 saturated carbocycles. The number of hydrogen-bond acceptors (Lipinski definition) is 5. The zero-order valence-corrected chi connectivity index (χ0v) is 18.3. The monoisotopic (exact) mass is 393 g/mol. The van der Waals surface area contributed by atoms with Gasteiger partial charge in [0.05, 0.1) is 12.2 Å². The predicted octanol–water partition coefficient (Wildman–Crippen LogP) is 3.00. The number of aliphatic hydroxyl groups excluding tert-OH is 2. The van der Waals surface area contributed by atoms with Crippen LogP contribution in [0.5, 0.6) is 0 Å². The van der Waals surface area contributed by atoms with E-state index in [1.54, 1.807) is 6.08 Å². The van der Waals surface area contributed by atoms with Crippen LogP contribution in [0.3, 0.4) is 0 Å². The van der Waals surface area contributed by atoms with E-state index in [-0.39, 0.29) is 34.9 Å². The normalized spacial score (nSPS) is 41.4. The lowest BCUT2D eigenvalue weighted by atomic mass is 9.43. The lowest BCUT2D eigenvalue weighted by Gasteiger charge is -2.63. The first kappa shape index (κ1) is 21.8. The first-order valence-electron chi connectivity index (χ1n) is 10.9. The Morgan fingerprint density at radius 2 is 1.96 bits per heavy atom. The maximum absolute atomic E-state index is 12.1. The smallest absolute Gasteiger partial charge is 0.330 e. The average Bonchev–Trinajstić information content (AvgIpc) is 2.61. The number of hydrogen-bond donors (Lipinski definition) is 2. The Balaban J connectivity index is 1.70. The van der Waals surface area contributed by atoms with Crippen LogP contribution in [0.15, 0.2) is 11.6 Å². The van der Waals surface area contributed by atoms with E-state index in [1.165, 1.54) is 0 Å². The highest BCUT2D eigenvalue weighted by Crippen LogP contribution is 2.64. The molecule has 0 aromatic rings. The van der Waals surface area contributed by atoms with E-state index in [1.807, 2.05) is 19.0 Å². The van der Waals surface area contributed by atoms with E-state index in [4.69, 9.17) is 4.74 Å². The van der Waals surface area contributed by atoms with Crippen LogP contribution in [0.4, 0.5) is 0 Å². The van der Waals surface area contributed by atoms with Gasteiger partial charge in [0.15, 0.2) is 0 Å². The van der Waals surface area contributed by atoms with E-state index in [9.17, 15) is 15.0 Å². The number of aliphatic hydroxyl groups is 2. The fourth-order valence-corrected chi connectivity index (χ4v) is 6.50. The zero-order chi connectivity index (χ0) is 20.7. The van der Waals surface area contributed by atoms with E-state index >= 15 is 0 Å². The van der Waals surface area contributed by atoms with Gasteiger partial charge in [0, 0.05) is 12.6 Å². The summed E-state index contributed by atoms with van der Waals surface area (Å²) in [5.74, 6) is 0.741. The molecule has 0 aliphatic heterocycles. The molecule has 3 fully saturated rings. The van der Waals surface area contributed by atoms with Crippen LogP contribution in [-0.2, 0) is 9.53 Å². The molecule has 5 nitrogen and oxygen atoms in total. The minimum absolute atomic E-state index is 0.157. The van der Waals surface area contributed by atoms with Crippen LogP contribution in [0.1, 0.15) is 59.3 Å². The third-order valence-corrected chi connectivity index (χ3v) is 8.22. The molecule has 160 valence electrons. The Kier molecular flexibility index (Phi) is 6.29. The molecule has 5 heteroatoms. The van der Waals surface area contributed by atoms with Crippen LogP contribution in [0, 0.1) is 28.6 Å². The summed E-state index contributed by atoms with van der Waals surface area (Å²) in [7, 11) is 3.91. The van der Waals surface area contributed by atoms with Crippen LogP contribution >= 0.6 is 0 Å². The highest BCUT2D eigenvalue weighted by atomic mass is 16.5. The third-order valence-electron chi connectivity index (χ3n) is 8.22. The number of rotatable bonds is 4. The van der Waals surface area contributed by atoms with E-state index in [0.717, 1.165) is 50.6 Å². The van der Waals surface area contributed by atoms with Gasteiger partial charge in [-0.05, 0) is 81.2 Å². The highest BCUT2D eigenvalue weighted by molar-refractivity contribution is 5.82. The molecule has 0 amide bonds. The SMILES string of the molecule is CN(C)CCOC(=O)/C=C1\CCC2[C@H](C1)C(O)CC1C(C)(C)C(O)CCC21C. The molecule has 0 spiro atoms. The lowest BCUT2D eigenvalue weighted by Crippen LogP contribution is -2.60. The first-order chi connectivity index (χ1) is 13.1. The summed E-state index contributed by atoms with van der Waals surface area (Å²) in [6, 6.07) is 0. The molecule has 28 heavy (non-hydrogen) atoms. The number of ether oxygens (including phenoxy) is 1. The van der Waals surface area contributed by atoms with Crippen LogP contribution < -0.4 is 0 Å². The van der Waals surface area contributed by atoms with Gasteiger partial charge in [-0.2, -0.15) is 0 Å². The highest BCUT2D eigenvalue weighted by Gasteiger charge is 2.59. The van der Waals surface area contributed by atoms with Gasteiger partial charge in [-0.1, -0.05) is 26.3 Å². The number of allylic oxidation sites excluding steroid dienone is 1. The molecule has 6 atom stereocenters. The second kappa shape index (κ2) is 8.08. The van der Waals surface area contributed by atoms with Crippen molar-refractivity contribution in [2.45, 2.75) is 71.5 Å². The van der Waals surface area contributed by atoms with Crippen molar-refractivity contribution in [1.29, 1.82) is 0 Å². The van der Waals surface area contributed by atoms with Gasteiger partial charge >= 0.3 is 5.97 Å². The molecular formula is C23H39NO4. The lowest BCUT2D eigenvalue weighted by molar-refractivity contribution is -0.183. The summed E-state index contributed by atoms with van der Waals surface area (Å²) in [5.41, 5.74) is 1.11. The molecule has 0 heterocycles. The number of likely N-dealkylation sites (N-methyl/N-ethyl adjacent to an activating group) is 1. The molecule has 3 rings (SSSR count). The Bertz CT molecular complexity index is 614. The zero-order valence-electron chi connectivity index (χ0n) is 18.3. The Morgan fingerprint density at radius 3 is 2.64 bits per heavy atom. The van der Waals surface area contributed by atoms with Crippen molar-refractivity contribution in [3.05, 3.63) is 11.6 Å². The van der Waals surface area contributed by atoms with Gasteiger partial charge < -0.3 is 19.8 Å². The van der Waals surface area contributed by atoms with Crippen molar-refractivity contribution in [1.82, 2.24) is 4.90 Å².